The molecule has 0 saturated heterocycles. The second kappa shape index (κ2) is 4.71. The van der Waals surface area contributed by atoms with Gasteiger partial charge in [-0.3, -0.25) is 4.98 Å². The van der Waals surface area contributed by atoms with Gasteiger partial charge >= 0.3 is 0 Å². The molecule has 1 fully saturated rings. The average molecular weight is 279 g/mol. The summed E-state index contributed by atoms with van der Waals surface area (Å²) in [4.78, 5) is 3.92. The number of rotatable bonds is 5. The fourth-order valence-corrected chi connectivity index (χ4v) is 3.01. The van der Waals surface area contributed by atoms with E-state index in [2.05, 4.69) is 20.0 Å². The molecule has 0 unspecified atom stereocenters. The minimum Gasteiger partial charge on any atom is -0.265 e. The zero-order valence-electron chi connectivity index (χ0n) is 10.1. The molecule has 1 saturated carbocycles. The SMILES string of the molecule is O=S(=O)(NCc1cn(-c2ccncc2)nn1)C1CC1. The highest BCUT2D eigenvalue weighted by atomic mass is 32.2. The van der Waals surface area contributed by atoms with Crippen molar-refractivity contribution < 1.29 is 8.42 Å². The molecule has 0 spiro atoms. The van der Waals surface area contributed by atoms with Crippen LogP contribution in [0.15, 0.2) is 30.7 Å². The molecule has 0 radical (unpaired) electrons. The number of aromatic nitrogens is 4. The highest BCUT2D eigenvalue weighted by molar-refractivity contribution is 7.90. The third-order valence-electron chi connectivity index (χ3n) is 2.89. The van der Waals surface area contributed by atoms with E-state index in [1.165, 1.54) is 0 Å². The van der Waals surface area contributed by atoms with Crippen molar-refractivity contribution in [1.82, 2.24) is 24.7 Å². The Hall–Kier alpha value is -1.80. The van der Waals surface area contributed by atoms with Gasteiger partial charge in [-0.25, -0.2) is 17.8 Å². The molecular formula is C11H13N5O2S. The van der Waals surface area contributed by atoms with Crippen LogP contribution in [0.2, 0.25) is 0 Å². The van der Waals surface area contributed by atoms with E-state index < -0.39 is 10.0 Å². The summed E-state index contributed by atoms with van der Waals surface area (Å²) in [5, 5.41) is 7.67. The van der Waals surface area contributed by atoms with Gasteiger partial charge in [-0.05, 0) is 25.0 Å². The largest absolute Gasteiger partial charge is 0.265 e. The molecule has 1 aliphatic carbocycles. The van der Waals surface area contributed by atoms with Gasteiger partial charge in [-0.15, -0.1) is 5.10 Å². The third kappa shape index (κ3) is 2.79. The van der Waals surface area contributed by atoms with Gasteiger partial charge in [0.15, 0.2) is 0 Å². The van der Waals surface area contributed by atoms with Crippen LogP contribution in [-0.2, 0) is 16.6 Å². The molecule has 2 heterocycles. The van der Waals surface area contributed by atoms with E-state index in [-0.39, 0.29) is 11.8 Å². The average Bonchev–Trinajstić information content (AvgIpc) is 3.18. The Morgan fingerprint density at radius 2 is 2.05 bits per heavy atom. The predicted molar refractivity (Wildman–Crippen MR) is 67.9 cm³/mol. The number of pyridine rings is 1. The van der Waals surface area contributed by atoms with Gasteiger partial charge in [0.1, 0.15) is 0 Å². The molecule has 1 aliphatic rings. The van der Waals surface area contributed by atoms with E-state index in [9.17, 15) is 8.42 Å². The van der Waals surface area contributed by atoms with Crippen LogP contribution in [0.3, 0.4) is 0 Å². The molecule has 0 bridgehead atoms. The van der Waals surface area contributed by atoms with E-state index in [4.69, 9.17) is 0 Å². The molecule has 8 heteroatoms. The van der Waals surface area contributed by atoms with E-state index in [1.807, 2.05) is 0 Å². The third-order valence-corrected chi connectivity index (χ3v) is 4.78. The van der Waals surface area contributed by atoms with Gasteiger partial charge < -0.3 is 0 Å². The van der Waals surface area contributed by atoms with Crippen LogP contribution in [0.25, 0.3) is 5.69 Å². The number of hydrogen-bond donors (Lipinski definition) is 1. The first-order chi connectivity index (χ1) is 9.15. The zero-order chi connectivity index (χ0) is 13.3. The maximum absolute atomic E-state index is 11.7. The van der Waals surface area contributed by atoms with Crippen LogP contribution in [0.1, 0.15) is 18.5 Å². The lowest BCUT2D eigenvalue weighted by molar-refractivity contribution is 0.579. The van der Waals surface area contributed by atoms with E-state index >= 15 is 0 Å². The van der Waals surface area contributed by atoms with E-state index in [0.717, 1.165) is 18.5 Å². The summed E-state index contributed by atoms with van der Waals surface area (Å²) < 4.78 is 27.5. The maximum atomic E-state index is 11.7. The number of nitrogens with zero attached hydrogens (tertiary/aromatic N) is 4. The Morgan fingerprint density at radius 3 is 2.74 bits per heavy atom. The Morgan fingerprint density at radius 1 is 1.32 bits per heavy atom. The molecule has 3 rings (SSSR count). The molecule has 19 heavy (non-hydrogen) atoms. The minimum absolute atomic E-state index is 0.171. The first-order valence-corrected chi connectivity index (χ1v) is 7.50. The van der Waals surface area contributed by atoms with Crippen molar-refractivity contribution in [2.75, 3.05) is 0 Å². The maximum Gasteiger partial charge on any atom is 0.214 e. The minimum atomic E-state index is -3.18. The van der Waals surface area contributed by atoms with Crippen molar-refractivity contribution >= 4 is 10.0 Å². The van der Waals surface area contributed by atoms with Crippen molar-refractivity contribution in [1.29, 1.82) is 0 Å². The monoisotopic (exact) mass is 279 g/mol. The topological polar surface area (TPSA) is 89.8 Å². The van der Waals surface area contributed by atoms with Crippen molar-refractivity contribution in [3.05, 3.63) is 36.4 Å². The molecular weight excluding hydrogens is 266 g/mol. The van der Waals surface area contributed by atoms with Crippen molar-refractivity contribution in [2.45, 2.75) is 24.6 Å². The van der Waals surface area contributed by atoms with Crippen molar-refractivity contribution in [3.63, 3.8) is 0 Å². The summed E-state index contributed by atoms with van der Waals surface area (Å²) in [5.74, 6) is 0. The lowest BCUT2D eigenvalue weighted by atomic mass is 10.4. The normalized spacial score (nSPS) is 15.6. The molecule has 2 aromatic heterocycles. The van der Waals surface area contributed by atoms with Crippen molar-refractivity contribution in [3.8, 4) is 5.69 Å². The summed E-state index contributed by atoms with van der Waals surface area (Å²) in [6.07, 6.45) is 6.52. The molecule has 0 aromatic carbocycles. The van der Waals surface area contributed by atoms with Crippen LogP contribution in [0.5, 0.6) is 0 Å². The number of sulfonamides is 1. The summed E-state index contributed by atoms with van der Waals surface area (Å²) in [6, 6.07) is 3.60. The first kappa shape index (κ1) is 12.2. The van der Waals surface area contributed by atoms with Gasteiger partial charge in [-0.1, -0.05) is 5.21 Å². The molecule has 100 valence electrons. The van der Waals surface area contributed by atoms with Gasteiger partial charge in [0.2, 0.25) is 10.0 Å². The summed E-state index contributed by atoms with van der Waals surface area (Å²) in [7, 11) is -3.18. The summed E-state index contributed by atoms with van der Waals surface area (Å²) in [6.45, 7) is 0.171. The molecule has 0 amide bonds. The highest BCUT2D eigenvalue weighted by Gasteiger charge is 2.35. The highest BCUT2D eigenvalue weighted by Crippen LogP contribution is 2.27. The molecule has 7 nitrogen and oxygen atoms in total. The van der Waals surface area contributed by atoms with Gasteiger partial charge in [0.05, 0.1) is 29.4 Å². The molecule has 0 aliphatic heterocycles. The van der Waals surface area contributed by atoms with E-state index in [1.54, 1.807) is 35.4 Å². The Balaban J connectivity index is 1.69. The number of hydrogen-bond acceptors (Lipinski definition) is 5. The summed E-state index contributed by atoms with van der Waals surface area (Å²) >= 11 is 0. The first-order valence-electron chi connectivity index (χ1n) is 5.95. The van der Waals surface area contributed by atoms with Crippen molar-refractivity contribution in [2.24, 2.45) is 0 Å². The smallest absolute Gasteiger partial charge is 0.214 e. The zero-order valence-corrected chi connectivity index (χ0v) is 10.9. The number of nitrogens with one attached hydrogen (secondary N) is 1. The second-order valence-corrected chi connectivity index (χ2v) is 6.47. The fourth-order valence-electron chi connectivity index (χ4n) is 1.67. The lowest BCUT2D eigenvalue weighted by Gasteiger charge is -2.02. The standard InChI is InChI=1S/C11H13N5O2S/c17-19(18,11-1-2-11)13-7-9-8-16(15-14-9)10-3-5-12-6-4-10/h3-6,8,11,13H,1-2,7H2. The van der Waals surface area contributed by atoms with Crippen LogP contribution in [-0.4, -0.2) is 33.6 Å². The van der Waals surface area contributed by atoms with Gasteiger partial charge in [0.25, 0.3) is 0 Å². The molecule has 2 aromatic rings. The van der Waals surface area contributed by atoms with Crippen LogP contribution < -0.4 is 4.72 Å². The Labute approximate surface area is 110 Å². The Bertz CT molecular complexity index is 663. The lowest BCUT2D eigenvalue weighted by Crippen LogP contribution is -2.26. The van der Waals surface area contributed by atoms with Gasteiger partial charge in [0, 0.05) is 12.4 Å². The Kier molecular flexibility index (Phi) is 3.03. The van der Waals surface area contributed by atoms with Crippen LogP contribution in [0, 0.1) is 0 Å². The summed E-state index contributed by atoms with van der Waals surface area (Å²) in [5.41, 5.74) is 1.42. The quantitative estimate of drug-likeness (QED) is 0.847. The van der Waals surface area contributed by atoms with Gasteiger partial charge in [-0.2, -0.15) is 0 Å². The van der Waals surface area contributed by atoms with Crippen LogP contribution in [0.4, 0.5) is 0 Å². The molecule has 1 N–H and O–H groups in total. The van der Waals surface area contributed by atoms with E-state index in [0.29, 0.717) is 5.69 Å². The fraction of sp³-hybridized carbons (Fsp3) is 0.364. The predicted octanol–water partition coefficient (Wildman–Crippen LogP) is 0.244. The second-order valence-electron chi connectivity index (χ2n) is 4.43. The molecule has 0 atom stereocenters. The van der Waals surface area contributed by atoms with Crippen LogP contribution >= 0.6 is 0 Å².